The van der Waals surface area contributed by atoms with Crippen LogP contribution in [0.15, 0.2) is 59.7 Å². The van der Waals surface area contributed by atoms with Gasteiger partial charge in [0.25, 0.3) is 0 Å². The number of methoxy groups -OCH3 is 1. The predicted octanol–water partition coefficient (Wildman–Crippen LogP) is 4.13. The summed E-state index contributed by atoms with van der Waals surface area (Å²) in [5.74, 6) is 1.74. The van der Waals surface area contributed by atoms with Crippen molar-refractivity contribution in [2.45, 2.75) is 19.3 Å². The summed E-state index contributed by atoms with van der Waals surface area (Å²) in [5.41, 5.74) is 3.85. The Morgan fingerprint density at radius 1 is 1.00 bits per heavy atom. The fourth-order valence-electron chi connectivity index (χ4n) is 3.16. The van der Waals surface area contributed by atoms with Gasteiger partial charge >= 0.3 is 0 Å². The van der Waals surface area contributed by atoms with Crippen LogP contribution in [0.5, 0.6) is 5.75 Å². The van der Waals surface area contributed by atoms with E-state index in [1.807, 2.05) is 19.2 Å². The van der Waals surface area contributed by atoms with E-state index >= 15 is 0 Å². The zero-order valence-electron chi connectivity index (χ0n) is 16.5. The molecule has 0 bridgehead atoms. The van der Waals surface area contributed by atoms with Gasteiger partial charge < -0.3 is 20.4 Å². The van der Waals surface area contributed by atoms with Crippen LogP contribution in [-0.2, 0) is 12.8 Å². The molecule has 1 aromatic heterocycles. The fraction of sp³-hybridized carbons (Fsp3) is 0.318. The Morgan fingerprint density at radius 2 is 1.75 bits per heavy atom. The summed E-state index contributed by atoms with van der Waals surface area (Å²) < 4.78 is 5.19. The molecule has 0 unspecified atom stereocenters. The van der Waals surface area contributed by atoms with Crippen LogP contribution in [-0.4, -0.2) is 38.2 Å². The number of aromatic nitrogens is 1. The maximum Gasteiger partial charge on any atom is 0.190 e. The average molecular weight is 492 g/mol. The molecule has 28 heavy (non-hydrogen) atoms. The number of hydrogen-bond acceptors (Lipinski definition) is 2. The lowest BCUT2D eigenvalue weighted by molar-refractivity contribution is 0.414. The van der Waals surface area contributed by atoms with Crippen LogP contribution in [0.3, 0.4) is 0 Å². The topological polar surface area (TPSA) is 61.4 Å². The number of nitrogens with zero attached hydrogens (tertiary/aromatic N) is 1. The molecule has 0 aliphatic carbocycles. The average Bonchev–Trinajstić information content (AvgIpc) is 3.13. The van der Waals surface area contributed by atoms with Gasteiger partial charge in [-0.2, -0.15) is 0 Å². The first kappa shape index (κ1) is 22.1. The summed E-state index contributed by atoms with van der Waals surface area (Å²) in [6.07, 6.45) is 5.16. The Labute approximate surface area is 184 Å². The number of hydrogen-bond donors (Lipinski definition) is 3. The fourth-order valence-corrected chi connectivity index (χ4v) is 3.16. The van der Waals surface area contributed by atoms with Crippen LogP contribution in [0.25, 0.3) is 10.9 Å². The third-order valence-corrected chi connectivity index (χ3v) is 4.68. The largest absolute Gasteiger partial charge is 0.497 e. The van der Waals surface area contributed by atoms with Crippen LogP contribution < -0.4 is 15.4 Å². The van der Waals surface area contributed by atoms with Crippen molar-refractivity contribution in [3.05, 3.63) is 65.9 Å². The minimum Gasteiger partial charge on any atom is -0.497 e. The van der Waals surface area contributed by atoms with E-state index in [4.69, 9.17) is 4.74 Å². The van der Waals surface area contributed by atoms with Crippen LogP contribution in [0, 0.1) is 0 Å². The summed E-state index contributed by atoms with van der Waals surface area (Å²) in [5, 5.41) is 8.08. The van der Waals surface area contributed by atoms with Gasteiger partial charge in [0.15, 0.2) is 5.96 Å². The summed E-state index contributed by atoms with van der Waals surface area (Å²) in [7, 11) is 3.49. The molecule has 3 N–H and O–H groups in total. The van der Waals surface area contributed by atoms with Gasteiger partial charge in [0.2, 0.25) is 0 Å². The highest BCUT2D eigenvalue weighted by Crippen LogP contribution is 2.18. The number of H-pyrrole nitrogens is 1. The summed E-state index contributed by atoms with van der Waals surface area (Å²) in [6.45, 7) is 1.73. The first-order chi connectivity index (χ1) is 13.3. The number of nitrogens with one attached hydrogen (secondary N) is 3. The van der Waals surface area contributed by atoms with Gasteiger partial charge in [-0.05, 0) is 48.6 Å². The first-order valence-electron chi connectivity index (χ1n) is 9.42. The van der Waals surface area contributed by atoms with E-state index in [1.165, 1.54) is 22.0 Å². The standard InChI is InChI=1S/C22H28N4O.HI/c1-23-22(25-15-13-17-9-11-19(27-2)12-10-17)24-14-5-6-18-16-26-21-8-4-3-7-20(18)21;/h3-4,7-12,16,26H,5-6,13-15H2,1-2H3,(H2,23,24,25);1H. The van der Waals surface area contributed by atoms with Gasteiger partial charge in [-0.25, -0.2) is 0 Å². The number of benzene rings is 2. The number of rotatable bonds is 8. The second-order valence-electron chi connectivity index (χ2n) is 6.49. The summed E-state index contributed by atoms with van der Waals surface area (Å²) >= 11 is 0. The van der Waals surface area contributed by atoms with Crippen molar-refractivity contribution in [1.29, 1.82) is 0 Å². The van der Waals surface area contributed by atoms with E-state index in [1.54, 1.807) is 7.11 Å². The predicted molar refractivity (Wildman–Crippen MR) is 128 cm³/mol. The Kier molecular flexibility index (Phi) is 9.13. The number of ether oxygens (including phenoxy) is 1. The molecule has 0 radical (unpaired) electrons. The highest BCUT2D eigenvalue weighted by Gasteiger charge is 2.03. The Bertz CT molecular complexity index is 874. The van der Waals surface area contributed by atoms with E-state index in [2.05, 4.69) is 63.2 Å². The zero-order chi connectivity index (χ0) is 18.9. The number of halogens is 1. The number of aliphatic imine (C=N–C) groups is 1. The lowest BCUT2D eigenvalue weighted by Gasteiger charge is -2.12. The molecule has 3 aromatic rings. The van der Waals surface area contributed by atoms with Crippen LogP contribution >= 0.6 is 24.0 Å². The number of aryl methyl sites for hydroxylation is 1. The van der Waals surface area contributed by atoms with Crippen molar-refractivity contribution < 1.29 is 4.74 Å². The summed E-state index contributed by atoms with van der Waals surface area (Å²) in [6, 6.07) is 16.6. The Morgan fingerprint density at radius 3 is 2.50 bits per heavy atom. The molecule has 5 nitrogen and oxygen atoms in total. The molecule has 150 valence electrons. The second-order valence-corrected chi connectivity index (χ2v) is 6.49. The van der Waals surface area contributed by atoms with Crippen LogP contribution in [0.2, 0.25) is 0 Å². The molecule has 0 aliphatic rings. The molecule has 0 saturated heterocycles. The van der Waals surface area contributed by atoms with E-state index in [-0.39, 0.29) is 24.0 Å². The molecule has 0 aliphatic heterocycles. The molecule has 0 fully saturated rings. The lowest BCUT2D eigenvalue weighted by Crippen LogP contribution is -2.38. The molecule has 2 aromatic carbocycles. The van der Waals surface area contributed by atoms with Crippen LogP contribution in [0.1, 0.15) is 17.5 Å². The molecule has 3 rings (SSSR count). The molecular formula is C22H29IN4O. The number of fused-ring (bicyclic) bond motifs is 1. The van der Waals surface area contributed by atoms with Crippen molar-refractivity contribution in [1.82, 2.24) is 15.6 Å². The Balaban J connectivity index is 0.00000280. The molecule has 0 amide bonds. The molecule has 0 atom stereocenters. The van der Waals surface area contributed by atoms with Crippen molar-refractivity contribution in [2.24, 2.45) is 4.99 Å². The van der Waals surface area contributed by atoms with E-state index in [0.717, 1.165) is 44.1 Å². The minimum absolute atomic E-state index is 0. The SMILES string of the molecule is CN=C(NCCCc1c[nH]c2ccccc12)NCCc1ccc(OC)cc1.I. The van der Waals surface area contributed by atoms with Gasteiger partial charge in [-0.15, -0.1) is 24.0 Å². The van der Waals surface area contributed by atoms with Gasteiger partial charge in [0, 0.05) is 37.2 Å². The molecule has 6 heteroatoms. The summed E-state index contributed by atoms with van der Waals surface area (Å²) in [4.78, 5) is 7.63. The molecule has 0 spiro atoms. The monoisotopic (exact) mass is 492 g/mol. The van der Waals surface area contributed by atoms with E-state index < -0.39 is 0 Å². The Hall–Kier alpha value is -2.22. The van der Waals surface area contributed by atoms with E-state index in [0.29, 0.717) is 0 Å². The van der Waals surface area contributed by atoms with Gasteiger partial charge in [0.1, 0.15) is 5.75 Å². The normalized spacial score (nSPS) is 11.1. The lowest BCUT2D eigenvalue weighted by atomic mass is 10.1. The maximum absolute atomic E-state index is 5.19. The molecule has 0 saturated carbocycles. The van der Waals surface area contributed by atoms with Gasteiger partial charge in [-0.3, -0.25) is 4.99 Å². The quantitative estimate of drug-likeness (QED) is 0.192. The number of aromatic amines is 1. The molecular weight excluding hydrogens is 463 g/mol. The second kappa shape index (κ2) is 11.6. The smallest absolute Gasteiger partial charge is 0.190 e. The van der Waals surface area contributed by atoms with Crippen molar-refractivity contribution in [3.8, 4) is 5.75 Å². The highest BCUT2D eigenvalue weighted by molar-refractivity contribution is 14.0. The van der Waals surface area contributed by atoms with Gasteiger partial charge in [0.05, 0.1) is 7.11 Å². The highest BCUT2D eigenvalue weighted by atomic mass is 127. The van der Waals surface area contributed by atoms with Crippen molar-refractivity contribution >= 4 is 40.8 Å². The first-order valence-corrected chi connectivity index (χ1v) is 9.42. The molecule has 1 heterocycles. The third kappa shape index (κ3) is 6.15. The van der Waals surface area contributed by atoms with E-state index in [9.17, 15) is 0 Å². The number of para-hydroxylation sites is 1. The maximum atomic E-state index is 5.19. The van der Waals surface area contributed by atoms with Crippen molar-refractivity contribution in [3.63, 3.8) is 0 Å². The van der Waals surface area contributed by atoms with Gasteiger partial charge in [-0.1, -0.05) is 30.3 Å². The van der Waals surface area contributed by atoms with Crippen LogP contribution in [0.4, 0.5) is 0 Å². The van der Waals surface area contributed by atoms with Crippen molar-refractivity contribution in [2.75, 3.05) is 27.2 Å². The zero-order valence-corrected chi connectivity index (χ0v) is 18.8. The minimum atomic E-state index is 0. The third-order valence-electron chi connectivity index (χ3n) is 4.68. The number of guanidine groups is 1.